The van der Waals surface area contributed by atoms with Gasteiger partial charge in [0.25, 0.3) is 0 Å². The van der Waals surface area contributed by atoms with E-state index in [1.807, 2.05) is 84.4 Å². The van der Waals surface area contributed by atoms with Crippen molar-refractivity contribution < 1.29 is 23.7 Å². The van der Waals surface area contributed by atoms with Gasteiger partial charge < -0.3 is 29.2 Å². The molecule has 8 nitrogen and oxygen atoms in total. The number of hydrogen-bond donors (Lipinski definition) is 1. The number of esters is 1. The van der Waals surface area contributed by atoms with Gasteiger partial charge in [0, 0.05) is 36.3 Å². The van der Waals surface area contributed by atoms with Gasteiger partial charge in [-0.05, 0) is 79.1 Å². The molecular formula is C33H32ClN3O5. The van der Waals surface area contributed by atoms with Crippen molar-refractivity contribution in [3.8, 4) is 23.0 Å². The molecule has 0 aliphatic carbocycles. The number of nitrogen functional groups attached to an aromatic ring is 1. The minimum Gasteiger partial charge on any atom is -0.488 e. The maximum atomic E-state index is 12.0. The van der Waals surface area contributed by atoms with Gasteiger partial charge in [0.15, 0.2) is 0 Å². The molecule has 0 aliphatic rings. The number of nitrogens with two attached hydrogens (primary N) is 1. The van der Waals surface area contributed by atoms with Crippen LogP contribution in [0.1, 0.15) is 30.3 Å². The van der Waals surface area contributed by atoms with Crippen LogP contribution in [0.15, 0.2) is 84.9 Å². The summed E-state index contributed by atoms with van der Waals surface area (Å²) in [6.07, 6.45) is 0.746. The fraction of sp³-hybridized carbons (Fsp3) is 0.212. The number of rotatable bonds is 12. The molecule has 5 aromatic rings. The van der Waals surface area contributed by atoms with Crippen molar-refractivity contribution in [3.63, 3.8) is 0 Å². The fourth-order valence-electron chi connectivity index (χ4n) is 4.41. The van der Waals surface area contributed by atoms with Crippen molar-refractivity contribution in [2.45, 2.75) is 33.0 Å². The summed E-state index contributed by atoms with van der Waals surface area (Å²) in [7, 11) is 1.94. The lowest BCUT2D eigenvalue weighted by atomic mass is 10.1. The van der Waals surface area contributed by atoms with Crippen LogP contribution in [-0.2, 0) is 36.2 Å². The summed E-state index contributed by atoms with van der Waals surface area (Å²) < 4.78 is 25.4. The molecule has 0 fully saturated rings. The summed E-state index contributed by atoms with van der Waals surface area (Å²) >= 11 is 6.02. The SMILES string of the molecule is CCOC(=O)CCc1ccc(OCc2nc3ccc(Oc4ccc(N)cc4)cc3n2C)cc1OCc1ccc(Cl)cc1. The molecule has 0 amide bonds. The lowest BCUT2D eigenvalue weighted by molar-refractivity contribution is -0.143. The zero-order chi connectivity index (χ0) is 29.5. The van der Waals surface area contributed by atoms with Gasteiger partial charge in [-0.1, -0.05) is 29.8 Å². The van der Waals surface area contributed by atoms with E-state index in [1.54, 1.807) is 19.1 Å². The largest absolute Gasteiger partial charge is 0.488 e. The first-order valence-electron chi connectivity index (χ1n) is 13.7. The molecule has 42 heavy (non-hydrogen) atoms. The minimum atomic E-state index is -0.245. The Morgan fingerprint density at radius 1 is 0.881 bits per heavy atom. The topological polar surface area (TPSA) is 97.8 Å². The maximum absolute atomic E-state index is 12.0. The molecule has 2 N–H and O–H groups in total. The Labute approximate surface area is 249 Å². The van der Waals surface area contributed by atoms with E-state index in [-0.39, 0.29) is 19.0 Å². The summed E-state index contributed by atoms with van der Waals surface area (Å²) in [5, 5.41) is 0.664. The summed E-state index contributed by atoms with van der Waals surface area (Å²) in [6.45, 7) is 2.74. The zero-order valence-corrected chi connectivity index (χ0v) is 24.3. The third kappa shape index (κ3) is 7.33. The van der Waals surface area contributed by atoms with Gasteiger partial charge in [-0.2, -0.15) is 0 Å². The highest BCUT2D eigenvalue weighted by molar-refractivity contribution is 6.30. The Morgan fingerprint density at radius 3 is 2.38 bits per heavy atom. The second-order valence-electron chi connectivity index (χ2n) is 9.69. The van der Waals surface area contributed by atoms with Crippen LogP contribution in [0, 0.1) is 0 Å². The van der Waals surface area contributed by atoms with E-state index < -0.39 is 0 Å². The van der Waals surface area contributed by atoms with E-state index in [1.165, 1.54) is 0 Å². The first-order chi connectivity index (χ1) is 20.4. The molecule has 4 aromatic carbocycles. The first-order valence-corrected chi connectivity index (χ1v) is 14.0. The molecule has 0 saturated heterocycles. The molecule has 1 heterocycles. The van der Waals surface area contributed by atoms with Crippen LogP contribution in [-0.4, -0.2) is 22.1 Å². The van der Waals surface area contributed by atoms with Gasteiger partial charge in [-0.25, -0.2) is 4.98 Å². The van der Waals surface area contributed by atoms with Gasteiger partial charge in [0.1, 0.15) is 42.0 Å². The minimum absolute atomic E-state index is 0.245. The molecule has 0 bridgehead atoms. The van der Waals surface area contributed by atoms with Crippen molar-refractivity contribution in [2.75, 3.05) is 12.3 Å². The van der Waals surface area contributed by atoms with Crippen LogP contribution in [0.2, 0.25) is 5.02 Å². The van der Waals surface area contributed by atoms with Crippen LogP contribution < -0.4 is 19.9 Å². The number of aromatic nitrogens is 2. The number of ether oxygens (including phenoxy) is 4. The average molecular weight is 586 g/mol. The molecule has 1 aromatic heterocycles. The number of carbonyl (C=O) groups is 1. The van der Waals surface area contributed by atoms with Gasteiger partial charge in [-0.15, -0.1) is 0 Å². The Balaban J connectivity index is 1.30. The molecule has 0 saturated carbocycles. The summed E-state index contributed by atoms with van der Waals surface area (Å²) in [4.78, 5) is 16.7. The van der Waals surface area contributed by atoms with Crippen molar-refractivity contribution in [3.05, 3.63) is 107 Å². The molecule has 9 heteroatoms. The second kappa shape index (κ2) is 13.3. The highest BCUT2D eigenvalue weighted by atomic mass is 35.5. The first kappa shape index (κ1) is 28.8. The lowest BCUT2D eigenvalue weighted by Gasteiger charge is -2.14. The Morgan fingerprint density at radius 2 is 1.62 bits per heavy atom. The Kier molecular flexibility index (Phi) is 9.14. The second-order valence-corrected chi connectivity index (χ2v) is 10.1. The number of nitrogens with zero attached hydrogens (tertiary/aromatic N) is 2. The number of benzene rings is 4. The van der Waals surface area contributed by atoms with Crippen molar-refractivity contribution in [1.82, 2.24) is 9.55 Å². The fourth-order valence-corrected chi connectivity index (χ4v) is 4.54. The van der Waals surface area contributed by atoms with Crippen LogP contribution in [0.4, 0.5) is 5.69 Å². The summed E-state index contributed by atoms with van der Waals surface area (Å²) in [6, 6.07) is 26.1. The summed E-state index contributed by atoms with van der Waals surface area (Å²) in [5.41, 5.74) is 10.1. The van der Waals surface area contributed by atoms with E-state index in [9.17, 15) is 4.79 Å². The van der Waals surface area contributed by atoms with E-state index in [2.05, 4.69) is 0 Å². The molecule has 0 aliphatic heterocycles. The van der Waals surface area contributed by atoms with Gasteiger partial charge in [0.05, 0.1) is 17.6 Å². The monoisotopic (exact) mass is 585 g/mol. The maximum Gasteiger partial charge on any atom is 0.306 e. The van der Waals surface area contributed by atoms with E-state index >= 15 is 0 Å². The molecule has 216 valence electrons. The normalized spacial score (nSPS) is 10.9. The van der Waals surface area contributed by atoms with E-state index in [0.29, 0.717) is 53.3 Å². The number of halogens is 1. The number of aryl methyl sites for hydroxylation is 2. The Hall–Kier alpha value is -4.69. The molecule has 0 atom stereocenters. The van der Waals surface area contributed by atoms with Crippen LogP contribution >= 0.6 is 11.6 Å². The third-order valence-corrected chi connectivity index (χ3v) is 6.93. The molecule has 0 unspecified atom stereocenters. The smallest absolute Gasteiger partial charge is 0.306 e. The lowest BCUT2D eigenvalue weighted by Crippen LogP contribution is -2.07. The highest BCUT2D eigenvalue weighted by Crippen LogP contribution is 2.30. The van der Waals surface area contributed by atoms with Crippen LogP contribution in [0.3, 0.4) is 0 Å². The van der Waals surface area contributed by atoms with Gasteiger partial charge >= 0.3 is 5.97 Å². The van der Waals surface area contributed by atoms with Gasteiger partial charge in [-0.3, -0.25) is 4.79 Å². The van der Waals surface area contributed by atoms with E-state index in [4.69, 9.17) is 41.3 Å². The number of imidazole rings is 1. The quantitative estimate of drug-likeness (QED) is 0.122. The third-order valence-electron chi connectivity index (χ3n) is 6.68. The number of anilines is 1. The molecular weight excluding hydrogens is 554 g/mol. The van der Waals surface area contributed by atoms with E-state index in [0.717, 1.165) is 28.0 Å². The average Bonchev–Trinajstić information content (AvgIpc) is 3.31. The molecule has 0 radical (unpaired) electrons. The molecule has 5 rings (SSSR count). The highest BCUT2D eigenvalue weighted by Gasteiger charge is 2.13. The zero-order valence-electron chi connectivity index (χ0n) is 23.5. The van der Waals surface area contributed by atoms with Crippen molar-refractivity contribution in [2.24, 2.45) is 7.05 Å². The number of hydrogen-bond acceptors (Lipinski definition) is 7. The number of carbonyl (C=O) groups excluding carboxylic acids is 1. The van der Waals surface area contributed by atoms with Crippen molar-refractivity contribution in [1.29, 1.82) is 0 Å². The Bertz CT molecular complexity index is 1670. The molecule has 0 spiro atoms. The van der Waals surface area contributed by atoms with Crippen LogP contribution in [0.5, 0.6) is 23.0 Å². The van der Waals surface area contributed by atoms with Gasteiger partial charge in [0.2, 0.25) is 0 Å². The standard InChI is InChI=1S/C33H32ClN3O5/c1-3-39-33(38)17-7-23-6-12-27(19-31(23)41-20-22-4-8-24(34)9-5-22)40-21-32-36-29-16-15-28(18-30(29)37(32)2)42-26-13-10-25(35)11-14-26/h4-6,8-16,18-19H,3,7,17,20-21,35H2,1-2H3. The number of fused-ring (bicyclic) bond motifs is 1. The summed E-state index contributed by atoms with van der Waals surface area (Å²) in [5.74, 6) is 3.18. The predicted molar refractivity (Wildman–Crippen MR) is 163 cm³/mol. The van der Waals surface area contributed by atoms with Crippen molar-refractivity contribution >= 4 is 34.3 Å². The van der Waals surface area contributed by atoms with Crippen LogP contribution in [0.25, 0.3) is 11.0 Å². The predicted octanol–water partition coefficient (Wildman–Crippen LogP) is 7.25.